The predicted octanol–water partition coefficient (Wildman–Crippen LogP) is 2.50. The van der Waals surface area contributed by atoms with E-state index in [9.17, 15) is 4.79 Å². The average Bonchev–Trinajstić information content (AvgIpc) is 2.85. The Bertz CT molecular complexity index is 668. The summed E-state index contributed by atoms with van der Waals surface area (Å²) in [5.74, 6) is 0.404. The van der Waals surface area contributed by atoms with Crippen LogP contribution in [0, 0.1) is 0 Å². The third-order valence-electron chi connectivity index (χ3n) is 3.16. The molecule has 1 aliphatic rings. The van der Waals surface area contributed by atoms with Gasteiger partial charge in [0.25, 0.3) is 5.91 Å². The van der Waals surface area contributed by atoms with Gasteiger partial charge < -0.3 is 9.30 Å². The molecule has 104 valence electrons. The van der Waals surface area contributed by atoms with Crippen molar-refractivity contribution in [3.05, 3.63) is 41.4 Å². The summed E-state index contributed by atoms with van der Waals surface area (Å²) in [5, 5.41) is 0.507. The highest BCUT2D eigenvalue weighted by molar-refractivity contribution is 6.32. The second-order valence-corrected chi connectivity index (χ2v) is 5.26. The highest BCUT2D eigenvalue weighted by atomic mass is 35.5. The molecular weight excluding hydrogens is 278 g/mol. The second-order valence-electron chi connectivity index (χ2n) is 4.86. The van der Waals surface area contributed by atoms with Crippen molar-refractivity contribution in [1.29, 1.82) is 0 Å². The Balaban J connectivity index is 2.03. The molecule has 0 saturated carbocycles. The molecule has 1 unspecified atom stereocenters. The number of anilines is 1. The van der Waals surface area contributed by atoms with Crippen LogP contribution in [0.2, 0.25) is 5.02 Å². The minimum Gasteiger partial charge on any atom is -0.485 e. The molecule has 0 bridgehead atoms. The molecule has 0 spiro atoms. The fourth-order valence-corrected chi connectivity index (χ4v) is 2.49. The number of imidazole rings is 1. The van der Waals surface area contributed by atoms with E-state index in [0.717, 1.165) is 0 Å². The molecular formula is C14H14ClN3O2. The maximum atomic E-state index is 12.6. The van der Waals surface area contributed by atoms with Crippen molar-refractivity contribution >= 4 is 23.2 Å². The van der Waals surface area contributed by atoms with E-state index < -0.39 is 0 Å². The summed E-state index contributed by atoms with van der Waals surface area (Å²) in [6, 6.07) is 5.38. The number of halogens is 1. The fourth-order valence-electron chi connectivity index (χ4n) is 2.27. The van der Waals surface area contributed by atoms with Crippen LogP contribution < -0.4 is 9.64 Å². The molecule has 1 aromatic carbocycles. The van der Waals surface area contributed by atoms with Crippen LogP contribution in [0.25, 0.3) is 0 Å². The van der Waals surface area contributed by atoms with Gasteiger partial charge in [-0.15, -0.1) is 0 Å². The number of aromatic nitrogens is 2. The molecule has 2 aromatic rings. The van der Waals surface area contributed by atoms with Crippen LogP contribution in [0.15, 0.2) is 30.7 Å². The lowest BCUT2D eigenvalue weighted by atomic mass is 10.2. The van der Waals surface area contributed by atoms with Gasteiger partial charge in [0, 0.05) is 13.2 Å². The summed E-state index contributed by atoms with van der Waals surface area (Å²) in [6.45, 7) is 2.38. The van der Waals surface area contributed by atoms with Crippen LogP contribution in [-0.4, -0.2) is 28.1 Å². The highest BCUT2D eigenvalue weighted by Crippen LogP contribution is 2.39. The Morgan fingerprint density at radius 1 is 1.50 bits per heavy atom. The van der Waals surface area contributed by atoms with Crippen molar-refractivity contribution in [3.8, 4) is 5.75 Å². The number of carbonyl (C=O) groups excluding carboxylic acids is 1. The number of aryl methyl sites for hydroxylation is 1. The number of para-hydroxylation sites is 1. The summed E-state index contributed by atoms with van der Waals surface area (Å²) in [7, 11) is 1.83. The summed E-state index contributed by atoms with van der Waals surface area (Å²) in [5.41, 5.74) is 1.10. The SMILES string of the molecule is CC1CN(C(=O)c2cn(C)cn2)c2cccc(Cl)c2O1. The molecule has 1 aliphatic heterocycles. The van der Waals surface area contributed by atoms with Crippen LogP contribution >= 0.6 is 11.6 Å². The van der Waals surface area contributed by atoms with E-state index in [2.05, 4.69) is 4.98 Å². The quantitative estimate of drug-likeness (QED) is 0.811. The molecule has 20 heavy (non-hydrogen) atoms. The molecule has 0 N–H and O–H groups in total. The zero-order chi connectivity index (χ0) is 14.3. The molecule has 0 radical (unpaired) electrons. The summed E-state index contributed by atoms with van der Waals surface area (Å²) >= 11 is 6.14. The van der Waals surface area contributed by atoms with Gasteiger partial charge in [-0.25, -0.2) is 4.98 Å². The lowest BCUT2D eigenvalue weighted by Gasteiger charge is -2.33. The van der Waals surface area contributed by atoms with E-state index >= 15 is 0 Å². The summed E-state index contributed by atoms with van der Waals surface area (Å²) < 4.78 is 7.48. The average molecular weight is 292 g/mol. The third-order valence-corrected chi connectivity index (χ3v) is 3.46. The van der Waals surface area contributed by atoms with E-state index in [0.29, 0.717) is 28.7 Å². The van der Waals surface area contributed by atoms with Gasteiger partial charge in [-0.05, 0) is 19.1 Å². The Morgan fingerprint density at radius 3 is 3.00 bits per heavy atom. The monoisotopic (exact) mass is 291 g/mol. The summed E-state index contributed by atoms with van der Waals surface area (Å²) in [4.78, 5) is 18.4. The van der Waals surface area contributed by atoms with Crippen molar-refractivity contribution in [3.63, 3.8) is 0 Å². The standard InChI is InChI=1S/C14H14ClN3O2/c1-9-6-18(14(19)11-7-17(2)8-16-11)12-5-3-4-10(15)13(12)20-9/h3-5,7-9H,6H2,1-2H3. The lowest BCUT2D eigenvalue weighted by molar-refractivity contribution is 0.0957. The highest BCUT2D eigenvalue weighted by Gasteiger charge is 2.30. The Morgan fingerprint density at radius 2 is 2.30 bits per heavy atom. The predicted molar refractivity (Wildman–Crippen MR) is 76.4 cm³/mol. The van der Waals surface area contributed by atoms with Gasteiger partial charge in [0.05, 0.1) is 23.6 Å². The zero-order valence-electron chi connectivity index (χ0n) is 11.2. The first kappa shape index (κ1) is 13.0. The first-order valence-corrected chi connectivity index (χ1v) is 6.69. The molecule has 0 saturated heterocycles. The van der Waals surface area contributed by atoms with E-state index in [1.54, 1.807) is 34.1 Å². The van der Waals surface area contributed by atoms with Gasteiger partial charge in [0.15, 0.2) is 5.75 Å². The van der Waals surface area contributed by atoms with Gasteiger partial charge >= 0.3 is 0 Å². The normalized spacial score (nSPS) is 17.6. The van der Waals surface area contributed by atoms with E-state index in [4.69, 9.17) is 16.3 Å². The number of benzene rings is 1. The topological polar surface area (TPSA) is 47.4 Å². The van der Waals surface area contributed by atoms with Crippen molar-refractivity contribution in [2.24, 2.45) is 7.05 Å². The Hall–Kier alpha value is -2.01. The minimum absolute atomic E-state index is 0.116. The first-order valence-electron chi connectivity index (χ1n) is 6.31. The molecule has 3 rings (SSSR count). The van der Waals surface area contributed by atoms with E-state index in [1.807, 2.05) is 20.0 Å². The minimum atomic E-state index is -0.149. The molecule has 1 amide bonds. The summed E-state index contributed by atoms with van der Waals surface area (Å²) in [6.07, 6.45) is 3.19. The number of rotatable bonds is 1. The molecule has 0 fully saturated rings. The maximum absolute atomic E-state index is 12.6. The fraction of sp³-hybridized carbons (Fsp3) is 0.286. The van der Waals surface area contributed by atoms with Crippen molar-refractivity contribution < 1.29 is 9.53 Å². The Kier molecular flexibility index (Phi) is 3.14. The molecule has 1 atom stereocenters. The van der Waals surface area contributed by atoms with Crippen LogP contribution in [-0.2, 0) is 7.05 Å². The smallest absolute Gasteiger partial charge is 0.278 e. The van der Waals surface area contributed by atoms with Gasteiger partial charge in [-0.3, -0.25) is 9.69 Å². The van der Waals surface area contributed by atoms with Gasteiger partial charge in [0.1, 0.15) is 11.8 Å². The molecule has 0 aliphatic carbocycles. The molecule has 5 nitrogen and oxygen atoms in total. The van der Waals surface area contributed by atoms with Gasteiger partial charge in [0.2, 0.25) is 0 Å². The number of ether oxygens (including phenoxy) is 1. The number of hydrogen-bond acceptors (Lipinski definition) is 3. The lowest BCUT2D eigenvalue weighted by Crippen LogP contribution is -2.42. The molecule has 2 heterocycles. The number of hydrogen-bond donors (Lipinski definition) is 0. The first-order chi connectivity index (χ1) is 9.56. The molecule has 1 aromatic heterocycles. The number of carbonyl (C=O) groups is 1. The number of nitrogens with zero attached hydrogens (tertiary/aromatic N) is 3. The van der Waals surface area contributed by atoms with Crippen molar-refractivity contribution in [2.75, 3.05) is 11.4 Å². The van der Waals surface area contributed by atoms with Gasteiger partial charge in [-0.1, -0.05) is 17.7 Å². The van der Waals surface area contributed by atoms with Gasteiger partial charge in [-0.2, -0.15) is 0 Å². The zero-order valence-corrected chi connectivity index (χ0v) is 12.0. The van der Waals surface area contributed by atoms with Crippen LogP contribution in [0.4, 0.5) is 5.69 Å². The number of amides is 1. The van der Waals surface area contributed by atoms with E-state index in [-0.39, 0.29) is 12.0 Å². The third kappa shape index (κ3) is 2.14. The maximum Gasteiger partial charge on any atom is 0.278 e. The largest absolute Gasteiger partial charge is 0.485 e. The van der Waals surface area contributed by atoms with E-state index in [1.165, 1.54) is 0 Å². The van der Waals surface area contributed by atoms with Crippen LogP contribution in [0.3, 0.4) is 0 Å². The second kappa shape index (κ2) is 4.83. The van der Waals surface area contributed by atoms with Crippen LogP contribution in [0.1, 0.15) is 17.4 Å². The van der Waals surface area contributed by atoms with Crippen molar-refractivity contribution in [2.45, 2.75) is 13.0 Å². The number of fused-ring (bicyclic) bond motifs is 1. The van der Waals surface area contributed by atoms with Crippen molar-refractivity contribution in [1.82, 2.24) is 9.55 Å². The Labute approximate surface area is 121 Å². The molecule has 6 heteroatoms. The van der Waals surface area contributed by atoms with Crippen LogP contribution in [0.5, 0.6) is 5.75 Å².